The molecule has 4 heteroatoms. The molecule has 1 saturated heterocycles. The number of hydrogen-bond acceptors (Lipinski definition) is 4. The van der Waals surface area contributed by atoms with Gasteiger partial charge in [0.25, 0.3) is 0 Å². The molecule has 2 fully saturated rings. The molecule has 3 aliphatic rings. The predicted octanol–water partition coefficient (Wildman–Crippen LogP) is 3.05. The van der Waals surface area contributed by atoms with E-state index in [4.69, 9.17) is 4.74 Å². The average molecular weight is 344 g/mol. The Hall–Kier alpha value is -1.10. The van der Waals surface area contributed by atoms with Crippen LogP contribution in [0.15, 0.2) is 24.3 Å². The molecule has 0 radical (unpaired) electrons. The van der Waals surface area contributed by atoms with Crippen molar-refractivity contribution in [2.45, 2.75) is 50.2 Å². The van der Waals surface area contributed by atoms with Crippen LogP contribution >= 0.6 is 0 Å². The van der Waals surface area contributed by atoms with Gasteiger partial charge in [-0.1, -0.05) is 18.2 Å². The third kappa shape index (κ3) is 4.02. The zero-order valence-electron chi connectivity index (χ0n) is 15.7. The van der Waals surface area contributed by atoms with E-state index in [1.807, 2.05) is 0 Å². The number of hydrogen-bond donors (Lipinski definition) is 1. The van der Waals surface area contributed by atoms with Crippen molar-refractivity contribution in [3.63, 3.8) is 0 Å². The van der Waals surface area contributed by atoms with E-state index in [-0.39, 0.29) is 5.60 Å². The number of ether oxygens (including phenoxy) is 1. The van der Waals surface area contributed by atoms with Gasteiger partial charge in [-0.25, -0.2) is 0 Å². The molecule has 1 N–H and O–H groups in total. The smallest absolute Gasteiger partial charge is 0.124 e. The van der Waals surface area contributed by atoms with Crippen LogP contribution in [0.2, 0.25) is 0 Å². The Bertz CT molecular complexity index is 564. The van der Waals surface area contributed by atoms with Crippen LogP contribution in [0.3, 0.4) is 0 Å². The number of unbranched alkanes of at least 4 members (excludes halogenated alkanes) is 1. The van der Waals surface area contributed by atoms with E-state index in [0.29, 0.717) is 6.04 Å². The SMILES string of the molecule is CN1CCN(CCCCN[C@H]2CC3(CCC3)Oc3ccccc32)CC1. The van der Waals surface area contributed by atoms with Gasteiger partial charge in [-0.3, -0.25) is 0 Å². The normalized spacial score (nSPS) is 26.0. The Morgan fingerprint density at radius 1 is 1.12 bits per heavy atom. The van der Waals surface area contributed by atoms with Gasteiger partial charge in [-0.15, -0.1) is 0 Å². The molecular formula is C21H33N3O. The summed E-state index contributed by atoms with van der Waals surface area (Å²) in [6.07, 6.45) is 7.47. The van der Waals surface area contributed by atoms with Gasteiger partial charge in [0.2, 0.25) is 0 Å². The second-order valence-electron chi connectivity index (χ2n) is 8.24. The van der Waals surface area contributed by atoms with Crippen LogP contribution in [0.1, 0.15) is 50.1 Å². The molecule has 1 aromatic carbocycles. The minimum atomic E-state index is 0.131. The van der Waals surface area contributed by atoms with E-state index in [1.165, 1.54) is 70.4 Å². The minimum Gasteiger partial charge on any atom is -0.487 e. The second kappa shape index (κ2) is 7.65. The van der Waals surface area contributed by atoms with E-state index in [1.54, 1.807) is 0 Å². The van der Waals surface area contributed by atoms with Crippen molar-refractivity contribution in [2.75, 3.05) is 46.3 Å². The molecular weight excluding hydrogens is 310 g/mol. The molecule has 0 unspecified atom stereocenters. The summed E-state index contributed by atoms with van der Waals surface area (Å²) in [6.45, 7) is 7.28. The molecule has 1 spiro atoms. The highest BCUT2D eigenvalue weighted by Gasteiger charge is 2.45. The van der Waals surface area contributed by atoms with Gasteiger partial charge >= 0.3 is 0 Å². The number of likely N-dealkylation sites (N-methyl/N-ethyl adjacent to an activating group) is 1. The topological polar surface area (TPSA) is 27.7 Å². The number of para-hydroxylation sites is 1. The number of fused-ring (bicyclic) bond motifs is 1. The molecule has 4 nitrogen and oxygen atoms in total. The maximum atomic E-state index is 6.35. The van der Waals surface area contributed by atoms with Crippen molar-refractivity contribution in [3.8, 4) is 5.75 Å². The van der Waals surface area contributed by atoms with Crippen molar-refractivity contribution in [2.24, 2.45) is 0 Å². The van der Waals surface area contributed by atoms with Gasteiger partial charge in [0.15, 0.2) is 0 Å². The zero-order chi connectivity index (χ0) is 17.1. The molecule has 2 aliphatic heterocycles. The van der Waals surface area contributed by atoms with Crippen molar-refractivity contribution >= 4 is 0 Å². The summed E-state index contributed by atoms with van der Waals surface area (Å²) in [5.41, 5.74) is 1.49. The summed E-state index contributed by atoms with van der Waals surface area (Å²) in [5, 5.41) is 3.84. The van der Waals surface area contributed by atoms with Crippen LogP contribution in [0.25, 0.3) is 0 Å². The Morgan fingerprint density at radius 2 is 1.92 bits per heavy atom. The van der Waals surface area contributed by atoms with Crippen molar-refractivity contribution in [1.29, 1.82) is 0 Å². The molecule has 138 valence electrons. The van der Waals surface area contributed by atoms with Gasteiger partial charge < -0.3 is 19.9 Å². The van der Waals surface area contributed by atoms with Crippen LogP contribution in [0.4, 0.5) is 0 Å². The van der Waals surface area contributed by atoms with Gasteiger partial charge in [0, 0.05) is 44.2 Å². The molecule has 1 aromatic rings. The third-order valence-electron chi connectivity index (χ3n) is 6.35. The van der Waals surface area contributed by atoms with Gasteiger partial charge in [-0.05, 0) is 58.3 Å². The van der Waals surface area contributed by atoms with Gasteiger partial charge in [0.1, 0.15) is 11.4 Å². The first-order valence-electron chi connectivity index (χ1n) is 10.2. The van der Waals surface area contributed by atoms with Gasteiger partial charge in [0.05, 0.1) is 0 Å². The zero-order valence-corrected chi connectivity index (χ0v) is 15.7. The first kappa shape index (κ1) is 17.3. The van der Waals surface area contributed by atoms with Crippen LogP contribution in [-0.2, 0) is 0 Å². The highest BCUT2D eigenvalue weighted by Crippen LogP contribution is 2.48. The highest BCUT2D eigenvalue weighted by molar-refractivity contribution is 5.39. The van der Waals surface area contributed by atoms with Crippen LogP contribution < -0.4 is 10.1 Å². The van der Waals surface area contributed by atoms with Crippen LogP contribution in [-0.4, -0.2) is 61.7 Å². The maximum Gasteiger partial charge on any atom is 0.124 e. The van der Waals surface area contributed by atoms with Crippen LogP contribution in [0, 0.1) is 0 Å². The second-order valence-corrected chi connectivity index (χ2v) is 8.24. The minimum absolute atomic E-state index is 0.131. The Kier molecular flexibility index (Phi) is 5.30. The molecule has 1 saturated carbocycles. The van der Waals surface area contributed by atoms with Crippen molar-refractivity contribution < 1.29 is 4.74 Å². The lowest BCUT2D eigenvalue weighted by atomic mass is 9.73. The fraction of sp³-hybridized carbons (Fsp3) is 0.714. The molecule has 0 bridgehead atoms. The summed E-state index contributed by atoms with van der Waals surface area (Å²) in [7, 11) is 2.22. The fourth-order valence-electron chi connectivity index (χ4n) is 4.49. The van der Waals surface area contributed by atoms with E-state index in [0.717, 1.165) is 18.7 Å². The number of piperazine rings is 1. The summed E-state index contributed by atoms with van der Waals surface area (Å²) >= 11 is 0. The number of nitrogens with one attached hydrogen (secondary N) is 1. The van der Waals surface area contributed by atoms with Crippen molar-refractivity contribution in [1.82, 2.24) is 15.1 Å². The number of nitrogens with zero attached hydrogens (tertiary/aromatic N) is 2. The molecule has 1 atom stereocenters. The summed E-state index contributed by atoms with van der Waals surface area (Å²) in [4.78, 5) is 5.05. The first-order chi connectivity index (χ1) is 12.2. The van der Waals surface area contributed by atoms with Crippen LogP contribution in [0.5, 0.6) is 5.75 Å². The monoisotopic (exact) mass is 343 g/mol. The van der Waals surface area contributed by atoms with E-state index < -0.39 is 0 Å². The van der Waals surface area contributed by atoms with Crippen molar-refractivity contribution in [3.05, 3.63) is 29.8 Å². The van der Waals surface area contributed by atoms with E-state index in [9.17, 15) is 0 Å². The molecule has 25 heavy (non-hydrogen) atoms. The predicted molar refractivity (Wildman–Crippen MR) is 102 cm³/mol. The molecule has 1 aliphatic carbocycles. The van der Waals surface area contributed by atoms with Gasteiger partial charge in [-0.2, -0.15) is 0 Å². The Balaban J connectivity index is 1.23. The summed E-state index contributed by atoms with van der Waals surface area (Å²) in [5.74, 6) is 1.11. The fourth-order valence-corrected chi connectivity index (χ4v) is 4.49. The lowest BCUT2D eigenvalue weighted by Gasteiger charge is -2.48. The first-order valence-corrected chi connectivity index (χ1v) is 10.2. The average Bonchev–Trinajstić information content (AvgIpc) is 2.61. The third-order valence-corrected chi connectivity index (χ3v) is 6.35. The Morgan fingerprint density at radius 3 is 2.68 bits per heavy atom. The molecule has 4 rings (SSSR count). The largest absolute Gasteiger partial charge is 0.487 e. The number of benzene rings is 1. The standard InChI is InChI=1S/C21H33N3O/c1-23-13-15-24(16-14-23)12-5-4-11-22-19-17-21(9-6-10-21)25-20-8-3-2-7-18(19)20/h2-3,7-8,19,22H,4-6,9-17H2,1H3/t19-/m0/s1. The molecule has 0 amide bonds. The summed E-state index contributed by atoms with van der Waals surface area (Å²) in [6, 6.07) is 9.10. The summed E-state index contributed by atoms with van der Waals surface area (Å²) < 4.78 is 6.35. The highest BCUT2D eigenvalue weighted by atomic mass is 16.5. The van der Waals surface area contributed by atoms with E-state index in [2.05, 4.69) is 46.4 Å². The van der Waals surface area contributed by atoms with E-state index >= 15 is 0 Å². The Labute approximate surface area is 152 Å². The quantitative estimate of drug-likeness (QED) is 0.804. The molecule has 0 aromatic heterocycles. The number of rotatable bonds is 6. The maximum absolute atomic E-state index is 6.35. The lowest BCUT2D eigenvalue weighted by molar-refractivity contribution is -0.0368. The lowest BCUT2D eigenvalue weighted by Crippen LogP contribution is -2.49. The molecule has 2 heterocycles.